The molecule has 0 spiro atoms. The zero-order valence-electron chi connectivity index (χ0n) is 10.5. The van der Waals surface area contributed by atoms with Gasteiger partial charge >= 0.3 is 5.97 Å². The van der Waals surface area contributed by atoms with Crippen LogP contribution in [0, 0.1) is 6.92 Å². The first-order chi connectivity index (χ1) is 8.72. The van der Waals surface area contributed by atoms with Crippen LogP contribution in [0.3, 0.4) is 0 Å². The molecule has 0 aliphatic heterocycles. The van der Waals surface area contributed by atoms with Gasteiger partial charge in [-0.3, -0.25) is 4.79 Å². The lowest BCUT2D eigenvalue weighted by molar-refractivity contribution is -0.143. The second-order valence-electron chi connectivity index (χ2n) is 4.28. The Labute approximate surface area is 106 Å². The van der Waals surface area contributed by atoms with E-state index in [0.717, 1.165) is 17.6 Å². The molecule has 3 N–H and O–H groups in total. The van der Waals surface area contributed by atoms with Crippen molar-refractivity contribution in [1.29, 1.82) is 0 Å². The van der Waals surface area contributed by atoms with E-state index in [-0.39, 0.29) is 12.4 Å². The summed E-state index contributed by atoms with van der Waals surface area (Å²) >= 11 is 0. The van der Waals surface area contributed by atoms with Crippen molar-refractivity contribution in [3.05, 3.63) is 35.5 Å². The summed E-state index contributed by atoms with van der Waals surface area (Å²) < 4.78 is 5.13. The monoisotopic (exact) mass is 246 g/mol. The van der Waals surface area contributed by atoms with Crippen LogP contribution in [0.1, 0.15) is 17.7 Å². The Morgan fingerprint density at radius 3 is 2.94 bits per heavy atom. The Morgan fingerprint density at radius 1 is 1.39 bits per heavy atom. The van der Waals surface area contributed by atoms with E-state index in [9.17, 15) is 4.79 Å². The fraction of sp³-hybridized carbons (Fsp3) is 0.357. The van der Waals surface area contributed by atoms with Crippen molar-refractivity contribution in [3.8, 4) is 0 Å². The van der Waals surface area contributed by atoms with Crippen molar-refractivity contribution in [1.82, 2.24) is 4.98 Å². The van der Waals surface area contributed by atoms with Gasteiger partial charge in [0.05, 0.1) is 13.0 Å². The van der Waals surface area contributed by atoms with E-state index in [0.29, 0.717) is 13.2 Å². The molecule has 0 saturated heterocycles. The zero-order chi connectivity index (χ0) is 13.0. The van der Waals surface area contributed by atoms with Crippen LogP contribution in [0.4, 0.5) is 0 Å². The number of H-pyrrole nitrogens is 1. The van der Waals surface area contributed by atoms with Gasteiger partial charge in [-0.05, 0) is 18.6 Å². The number of benzene rings is 1. The first-order valence-corrected chi connectivity index (χ1v) is 6.14. The molecule has 0 radical (unpaired) electrons. The number of fused-ring (bicyclic) bond motifs is 1. The molecule has 0 aliphatic carbocycles. The van der Waals surface area contributed by atoms with Crippen LogP contribution in [0.5, 0.6) is 0 Å². The van der Waals surface area contributed by atoms with Gasteiger partial charge in [0.2, 0.25) is 0 Å². The van der Waals surface area contributed by atoms with E-state index >= 15 is 0 Å². The first-order valence-electron chi connectivity index (χ1n) is 6.14. The standard InChI is InChI=1S/C14H18N2O2/c1-10-11(7-9-18-14(17)6-8-15)12-4-2-3-5-13(12)16-10/h2-5,16H,6-9,15H2,1H3. The number of ether oxygens (including phenoxy) is 1. The topological polar surface area (TPSA) is 68.1 Å². The molecule has 96 valence electrons. The molecule has 1 aromatic carbocycles. The van der Waals surface area contributed by atoms with Gasteiger partial charge in [0.15, 0.2) is 0 Å². The third kappa shape index (κ3) is 2.71. The smallest absolute Gasteiger partial charge is 0.307 e. The van der Waals surface area contributed by atoms with Crippen molar-refractivity contribution in [3.63, 3.8) is 0 Å². The summed E-state index contributed by atoms with van der Waals surface area (Å²) in [5, 5.41) is 1.20. The molecule has 0 fully saturated rings. The minimum atomic E-state index is -0.227. The van der Waals surface area contributed by atoms with E-state index in [4.69, 9.17) is 10.5 Å². The van der Waals surface area contributed by atoms with E-state index in [1.807, 2.05) is 25.1 Å². The molecule has 1 heterocycles. The third-order valence-electron chi connectivity index (χ3n) is 2.99. The highest BCUT2D eigenvalue weighted by atomic mass is 16.5. The fourth-order valence-electron chi connectivity index (χ4n) is 2.11. The van der Waals surface area contributed by atoms with Crippen LogP contribution in [-0.4, -0.2) is 24.1 Å². The van der Waals surface area contributed by atoms with Crippen LogP contribution in [0.2, 0.25) is 0 Å². The Balaban J connectivity index is 2.03. The molecule has 2 aromatic rings. The normalized spacial score (nSPS) is 10.8. The van der Waals surface area contributed by atoms with Gasteiger partial charge in [0.1, 0.15) is 0 Å². The predicted molar refractivity (Wildman–Crippen MR) is 71.4 cm³/mol. The maximum atomic E-state index is 11.2. The van der Waals surface area contributed by atoms with E-state index in [1.54, 1.807) is 0 Å². The molecular weight excluding hydrogens is 228 g/mol. The van der Waals surface area contributed by atoms with Gasteiger partial charge in [-0.15, -0.1) is 0 Å². The zero-order valence-corrected chi connectivity index (χ0v) is 10.5. The lowest BCUT2D eigenvalue weighted by Crippen LogP contribution is -2.12. The SMILES string of the molecule is Cc1[nH]c2ccccc2c1CCOC(=O)CCN. The van der Waals surface area contributed by atoms with Crippen molar-refractivity contribution in [2.24, 2.45) is 5.73 Å². The summed E-state index contributed by atoms with van der Waals surface area (Å²) in [6.07, 6.45) is 1.01. The third-order valence-corrected chi connectivity index (χ3v) is 2.99. The predicted octanol–water partition coefficient (Wildman–Crippen LogP) is 1.91. The molecule has 0 atom stereocenters. The number of nitrogens with two attached hydrogens (primary N) is 1. The minimum Gasteiger partial charge on any atom is -0.465 e. The molecule has 4 nitrogen and oxygen atoms in total. The molecule has 0 unspecified atom stereocenters. The van der Waals surface area contributed by atoms with Gasteiger partial charge in [0, 0.05) is 29.6 Å². The van der Waals surface area contributed by atoms with Crippen LogP contribution in [0.15, 0.2) is 24.3 Å². The number of nitrogens with one attached hydrogen (secondary N) is 1. The summed E-state index contributed by atoms with van der Waals surface area (Å²) in [6, 6.07) is 8.14. The van der Waals surface area contributed by atoms with Gasteiger partial charge in [-0.1, -0.05) is 18.2 Å². The summed E-state index contributed by atoms with van der Waals surface area (Å²) in [7, 11) is 0. The van der Waals surface area contributed by atoms with Gasteiger partial charge in [-0.2, -0.15) is 0 Å². The number of rotatable bonds is 5. The van der Waals surface area contributed by atoms with Gasteiger partial charge < -0.3 is 15.5 Å². The van der Waals surface area contributed by atoms with Gasteiger partial charge in [-0.25, -0.2) is 0 Å². The molecule has 0 amide bonds. The summed E-state index contributed by atoms with van der Waals surface area (Å²) in [5.41, 5.74) is 8.76. The second-order valence-corrected chi connectivity index (χ2v) is 4.28. The number of aryl methyl sites for hydroxylation is 1. The van der Waals surface area contributed by atoms with E-state index < -0.39 is 0 Å². The van der Waals surface area contributed by atoms with Crippen LogP contribution < -0.4 is 5.73 Å². The highest BCUT2D eigenvalue weighted by molar-refractivity contribution is 5.84. The summed E-state index contributed by atoms with van der Waals surface area (Å²) in [4.78, 5) is 14.5. The first kappa shape index (κ1) is 12.6. The Kier molecular flexibility index (Phi) is 3.99. The van der Waals surface area contributed by atoms with Crippen LogP contribution in [-0.2, 0) is 16.0 Å². The number of carbonyl (C=O) groups excluding carboxylic acids is 1. The summed E-state index contributed by atoms with van der Waals surface area (Å²) in [5.74, 6) is -0.227. The quantitative estimate of drug-likeness (QED) is 0.792. The maximum absolute atomic E-state index is 11.2. The lowest BCUT2D eigenvalue weighted by atomic mass is 10.1. The van der Waals surface area contributed by atoms with Crippen molar-refractivity contribution < 1.29 is 9.53 Å². The fourth-order valence-corrected chi connectivity index (χ4v) is 2.11. The number of para-hydroxylation sites is 1. The minimum absolute atomic E-state index is 0.227. The number of carbonyl (C=O) groups is 1. The number of aromatic nitrogens is 1. The van der Waals surface area contributed by atoms with Crippen LogP contribution >= 0.6 is 0 Å². The molecule has 0 saturated carbocycles. The van der Waals surface area contributed by atoms with Crippen LogP contribution in [0.25, 0.3) is 10.9 Å². The average molecular weight is 246 g/mol. The number of esters is 1. The molecular formula is C14H18N2O2. The van der Waals surface area contributed by atoms with E-state index in [2.05, 4.69) is 11.1 Å². The largest absolute Gasteiger partial charge is 0.465 e. The molecule has 1 aromatic heterocycles. The molecule has 0 bridgehead atoms. The number of aromatic amines is 1. The lowest BCUT2D eigenvalue weighted by Gasteiger charge is -2.04. The molecule has 2 rings (SSSR count). The number of hydrogen-bond acceptors (Lipinski definition) is 3. The molecule has 0 aliphatic rings. The second kappa shape index (κ2) is 5.69. The van der Waals surface area contributed by atoms with Gasteiger partial charge in [0.25, 0.3) is 0 Å². The Morgan fingerprint density at radius 2 is 2.17 bits per heavy atom. The molecule has 4 heteroatoms. The Hall–Kier alpha value is -1.81. The average Bonchev–Trinajstić information content (AvgIpc) is 2.66. The maximum Gasteiger partial charge on any atom is 0.307 e. The van der Waals surface area contributed by atoms with Crippen molar-refractivity contribution in [2.45, 2.75) is 19.8 Å². The van der Waals surface area contributed by atoms with Crippen molar-refractivity contribution >= 4 is 16.9 Å². The Bertz CT molecular complexity index is 546. The van der Waals surface area contributed by atoms with E-state index in [1.165, 1.54) is 10.9 Å². The summed E-state index contributed by atoms with van der Waals surface area (Å²) in [6.45, 7) is 2.78. The highest BCUT2D eigenvalue weighted by Crippen LogP contribution is 2.22. The highest BCUT2D eigenvalue weighted by Gasteiger charge is 2.08. The van der Waals surface area contributed by atoms with Crippen molar-refractivity contribution in [2.75, 3.05) is 13.2 Å². The number of hydrogen-bond donors (Lipinski definition) is 2. The molecule has 18 heavy (non-hydrogen) atoms.